The third-order valence-corrected chi connectivity index (χ3v) is 5.98. The van der Waals surface area contributed by atoms with E-state index < -0.39 is 0 Å². The molecule has 3 aromatic rings. The normalized spacial score (nSPS) is 19.1. The van der Waals surface area contributed by atoms with Gasteiger partial charge in [-0.2, -0.15) is 0 Å². The molecule has 0 bridgehead atoms. The number of hydrogen-bond donors (Lipinski definition) is 0. The standard InChI is InChI=1S/C23H22BrNO/c1-23(18-8-10-19(24)11-9-18)22-13-12-21(26-2)16-17(22)14-15-25(23)20-6-4-3-5-7-20/h3-13,16H,14-15H2,1-2H3/t23-/m0/s1. The zero-order chi connectivity index (χ0) is 18.1. The Morgan fingerprint density at radius 2 is 1.69 bits per heavy atom. The first kappa shape index (κ1) is 17.2. The smallest absolute Gasteiger partial charge is 0.119 e. The summed E-state index contributed by atoms with van der Waals surface area (Å²) in [5, 5.41) is 0. The van der Waals surface area contributed by atoms with E-state index in [-0.39, 0.29) is 5.54 Å². The quantitative estimate of drug-likeness (QED) is 0.545. The fraction of sp³-hybridized carbons (Fsp3) is 0.217. The van der Waals surface area contributed by atoms with E-state index >= 15 is 0 Å². The van der Waals surface area contributed by atoms with Crippen molar-refractivity contribution in [1.82, 2.24) is 0 Å². The molecule has 0 radical (unpaired) electrons. The summed E-state index contributed by atoms with van der Waals surface area (Å²) in [6.45, 7) is 3.30. The topological polar surface area (TPSA) is 12.5 Å². The maximum absolute atomic E-state index is 5.46. The summed E-state index contributed by atoms with van der Waals surface area (Å²) in [5.74, 6) is 0.926. The zero-order valence-electron chi connectivity index (χ0n) is 15.1. The predicted octanol–water partition coefficient (Wildman–Crippen LogP) is 5.78. The number of rotatable bonds is 3. The summed E-state index contributed by atoms with van der Waals surface area (Å²) in [5.41, 5.74) is 5.01. The Labute approximate surface area is 163 Å². The van der Waals surface area contributed by atoms with Gasteiger partial charge in [0.05, 0.1) is 12.6 Å². The first-order valence-corrected chi connectivity index (χ1v) is 9.68. The van der Waals surface area contributed by atoms with E-state index in [2.05, 4.69) is 101 Å². The van der Waals surface area contributed by atoms with Crippen LogP contribution in [0, 0.1) is 0 Å². The van der Waals surface area contributed by atoms with Crippen molar-refractivity contribution < 1.29 is 4.74 Å². The Morgan fingerprint density at radius 1 is 0.962 bits per heavy atom. The Kier molecular flexibility index (Phi) is 4.49. The molecule has 0 saturated carbocycles. The minimum absolute atomic E-state index is 0.234. The van der Waals surface area contributed by atoms with Gasteiger partial charge in [0.2, 0.25) is 0 Å². The summed E-state index contributed by atoms with van der Waals surface area (Å²) in [6, 6.07) is 25.9. The fourth-order valence-electron chi connectivity index (χ4n) is 4.06. The maximum Gasteiger partial charge on any atom is 0.119 e. The third-order valence-electron chi connectivity index (χ3n) is 5.46. The number of nitrogens with zero attached hydrogens (tertiary/aromatic N) is 1. The molecular formula is C23H22BrNO. The molecule has 0 N–H and O–H groups in total. The van der Waals surface area contributed by atoms with Crippen LogP contribution in [0.2, 0.25) is 0 Å². The molecule has 26 heavy (non-hydrogen) atoms. The second-order valence-corrected chi connectivity index (χ2v) is 7.76. The monoisotopic (exact) mass is 407 g/mol. The van der Waals surface area contributed by atoms with Gasteiger partial charge in [0.1, 0.15) is 5.75 Å². The molecule has 0 unspecified atom stereocenters. The molecule has 2 nitrogen and oxygen atoms in total. The van der Waals surface area contributed by atoms with Crippen LogP contribution in [0.5, 0.6) is 5.75 Å². The van der Waals surface area contributed by atoms with Gasteiger partial charge in [-0.3, -0.25) is 0 Å². The van der Waals surface area contributed by atoms with Gasteiger partial charge in [0, 0.05) is 16.7 Å². The fourth-order valence-corrected chi connectivity index (χ4v) is 4.33. The summed E-state index contributed by atoms with van der Waals surface area (Å²) in [6.07, 6.45) is 1.01. The highest BCUT2D eigenvalue weighted by atomic mass is 79.9. The SMILES string of the molecule is COc1ccc2c(c1)CCN(c1ccccc1)[C@@]2(C)c1ccc(Br)cc1. The molecule has 0 fully saturated rings. The van der Waals surface area contributed by atoms with Gasteiger partial charge in [-0.05, 0) is 66.4 Å². The van der Waals surface area contributed by atoms with Crippen LogP contribution >= 0.6 is 15.9 Å². The lowest BCUT2D eigenvalue weighted by molar-refractivity contribution is 0.411. The Hall–Kier alpha value is -2.26. The van der Waals surface area contributed by atoms with Gasteiger partial charge in [-0.15, -0.1) is 0 Å². The zero-order valence-corrected chi connectivity index (χ0v) is 16.7. The van der Waals surface area contributed by atoms with Crippen LogP contribution in [-0.2, 0) is 12.0 Å². The molecule has 0 spiro atoms. The molecule has 1 heterocycles. The lowest BCUT2D eigenvalue weighted by Crippen LogP contribution is -2.49. The Morgan fingerprint density at radius 3 is 2.38 bits per heavy atom. The summed E-state index contributed by atoms with van der Waals surface area (Å²) >= 11 is 3.57. The molecule has 3 heteroatoms. The molecule has 1 aliphatic rings. The number of para-hydroxylation sites is 1. The highest BCUT2D eigenvalue weighted by Crippen LogP contribution is 2.44. The van der Waals surface area contributed by atoms with Crippen LogP contribution in [0.1, 0.15) is 23.6 Å². The number of anilines is 1. The maximum atomic E-state index is 5.46. The molecule has 0 saturated heterocycles. The Balaban J connectivity index is 1.92. The van der Waals surface area contributed by atoms with Crippen molar-refractivity contribution in [2.75, 3.05) is 18.6 Å². The van der Waals surface area contributed by atoms with Gasteiger partial charge in [0.15, 0.2) is 0 Å². The molecule has 132 valence electrons. The predicted molar refractivity (Wildman–Crippen MR) is 111 cm³/mol. The van der Waals surface area contributed by atoms with Crippen molar-refractivity contribution in [1.29, 1.82) is 0 Å². The second kappa shape index (κ2) is 6.81. The first-order valence-electron chi connectivity index (χ1n) is 8.89. The van der Waals surface area contributed by atoms with Gasteiger partial charge in [-0.25, -0.2) is 0 Å². The molecule has 1 atom stereocenters. The largest absolute Gasteiger partial charge is 0.497 e. The third kappa shape index (κ3) is 2.80. The number of fused-ring (bicyclic) bond motifs is 1. The molecule has 0 aliphatic carbocycles. The molecule has 0 aromatic heterocycles. The van der Waals surface area contributed by atoms with Crippen molar-refractivity contribution in [3.8, 4) is 5.75 Å². The summed E-state index contributed by atoms with van der Waals surface area (Å²) < 4.78 is 6.56. The van der Waals surface area contributed by atoms with Crippen molar-refractivity contribution in [2.24, 2.45) is 0 Å². The molecular weight excluding hydrogens is 386 g/mol. The summed E-state index contributed by atoms with van der Waals surface area (Å²) in [7, 11) is 1.73. The van der Waals surface area contributed by atoms with E-state index in [0.29, 0.717) is 0 Å². The minimum atomic E-state index is -0.234. The van der Waals surface area contributed by atoms with Gasteiger partial charge >= 0.3 is 0 Å². The Bertz CT molecular complexity index is 907. The van der Waals surface area contributed by atoms with E-state index in [1.807, 2.05) is 0 Å². The van der Waals surface area contributed by atoms with Crippen LogP contribution < -0.4 is 9.64 Å². The lowest BCUT2D eigenvalue weighted by atomic mass is 9.76. The number of hydrogen-bond acceptors (Lipinski definition) is 2. The van der Waals surface area contributed by atoms with Crippen LogP contribution in [0.4, 0.5) is 5.69 Å². The van der Waals surface area contributed by atoms with Crippen LogP contribution in [0.15, 0.2) is 77.3 Å². The van der Waals surface area contributed by atoms with E-state index in [1.165, 1.54) is 22.4 Å². The first-order chi connectivity index (χ1) is 12.6. The number of ether oxygens (including phenoxy) is 1. The van der Waals surface area contributed by atoms with E-state index in [0.717, 1.165) is 23.2 Å². The molecule has 0 amide bonds. The lowest BCUT2D eigenvalue weighted by Gasteiger charge is -2.48. The summed E-state index contributed by atoms with van der Waals surface area (Å²) in [4.78, 5) is 2.52. The molecule has 3 aromatic carbocycles. The van der Waals surface area contributed by atoms with Crippen LogP contribution in [0.25, 0.3) is 0 Å². The number of methoxy groups -OCH3 is 1. The van der Waals surface area contributed by atoms with Crippen LogP contribution in [-0.4, -0.2) is 13.7 Å². The van der Waals surface area contributed by atoms with E-state index in [9.17, 15) is 0 Å². The van der Waals surface area contributed by atoms with Gasteiger partial charge < -0.3 is 9.64 Å². The van der Waals surface area contributed by atoms with Crippen molar-refractivity contribution in [3.63, 3.8) is 0 Å². The average molecular weight is 408 g/mol. The van der Waals surface area contributed by atoms with Crippen molar-refractivity contribution in [2.45, 2.75) is 18.9 Å². The highest BCUT2D eigenvalue weighted by molar-refractivity contribution is 9.10. The van der Waals surface area contributed by atoms with Crippen LogP contribution in [0.3, 0.4) is 0 Å². The number of halogens is 1. The molecule has 4 rings (SSSR count). The number of benzene rings is 3. The molecule has 1 aliphatic heterocycles. The van der Waals surface area contributed by atoms with E-state index in [4.69, 9.17) is 4.74 Å². The minimum Gasteiger partial charge on any atom is -0.497 e. The second-order valence-electron chi connectivity index (χ2n) is 6.84. The van der Waals surface area contributed by atoms with Gasteiger partial charge in [-0.1, -0.05) is 52.3 Å². The highest BCUT2D eigenvalue weighted by Gasteiger charge is 2.40. The average Bonchev–Trinajstić information content (AvgIpc) is 2.69. The van der Waals surface area contributed by atoms with Crippen molar-refractivity contribution >= 4 is 21.6 Å². The van der Waals surface area contributed by atoms with Gasteiger partial charge in [0.25, 0.3) is 0 Å². The van der Waals surface area contributed by atoms with E-state index in [1.54, 1.807) is 7.11 Å². The van der Waals surface area contributed by atoms with Crippen molar-refractivity contribution in [3.05, 3.63) is 94.0 Å².